The molecule has 0 bridgehead atoms. The second-order valence-electron chi connectivity index (χ2n) is 28.0. The van der Waals surface area contributed by atoms with Crippen LogP contribution in [0.4, 0.5) is 0 Å². The van der Waals surface area contributed by atoms with Crippen LogP contribution in [0, 0.1) is 0 Å². The van der Waals surface area contributed by atoms with Gasteiger partial charge in [-0.25, -0.2) is 0 Å². The smallest absolute Gasteiger partial charge is 0.306 e. The highest BCUT2D eigenvalue weighted by molar-refractivity contribution is 5.70. The number of carbonyl (C=O) groups is 3. The Morgan fingerprint density at radius 3 is 0.934 bits per heavy atom. The maximum atomic E-state index is 12.9. The molecular formula is C82H151NO8. The number of allylic oxidation sites excluding steroid dienone is 10. The second kappa shape index (κ2) is 72.8. The van der Waals surface area contributed by atoms with Crippen molar-refractivity contribution in [1.29, 1.82) is 0 Å². The number of unbranched alkanes of at least 4 members (excludes halogenated alkanes) is 49. The lowest BCUT2D eigenvalue weighted by Crippen LogP contribution is -2.44. The van der Waals surface area contributed by atoms with Gasteiger partial charge in [0, 0.05) is 12.8 Å². The Labute approximate surface area is 565 Å². The Bertz CT molecular complexity index is 1680. The standard InChI is InChI=1S/C82H151NO8/c1-6-8-10-12-14-16-18-20-22-24-26-28-30-32-33-34-35-36-37-38-39-40-41-42-43-44-45-46-47-49-50-52-54-56-58-60-62-64-66-68-70-72-79(84)89-76-78(77-90-82(81(86)87)88-75-74-83(3,4)5)91-80(85)73-71-69-67-65-63-61-59-57-55-53-51-48-31-29-27-25-23-21-19-17-15-13-11-9-7-2/h9,11,15,17,21,23,27,29,48,51,78,82H,6-8,10,12-14,16,18-20,22,24-26,28,30-47,49-50,52-77H2,1-5H3/b11-9-,17-15-,23-21-,29-27-,51-48-. The molecule has 0 saturated carbocycles. The average Bonchev–Trinajstić information content (AvgIpc) is 3.46. The van der Waals surface area contributed by atoms with Gasteiger partial charge in [-0.2, -0.15) is 0 Å². The van der Waals surface area contributed by atoms with Gasteiger partial charge in [-0.15, -0.1) is 0 Å². The van der Waals surface area contributed by atoms with Crippen LogP contribution in [-0.4, -0.2) is 82.3 Å². The van der Waals surface area contributed by atoms with Crippen molar-refractivity contribution in [2.75, 3.05) is 47.5 Å². The molecule has 0 fully saturated rings. The van der Waals surface area contributed by atoms with E-state index in [-0.39, 0.29) is 32.2 Å². The lowest BCUT2D eigenvalue weighted by molar-refractivity contribution is -0.870. The number of nitrogens with zero attached hydrogens (tertiary/aromatic N) is 1. The summed E-state index contributed by atoms with van der Waals surface area (Å²) in [7, 11) is 5.94. The van der Waals surface area contributed by atoms with Crippen LogP contribution < -0.4 is 5.11 Å². The van der Waals surface area contributed by atoms with E-state index in [0.717, 1.165) is 77.0 Å². The molecule has 2 unspecified atom stereocenters. The Hall–Kier alpha value is -3.01. The molecule has 0 aliphatic carbocycles. The fourth-order valence-electron chi connectivity index (χ4n) is 11.8. The van der Waals surface area contributed by atoms with Gasteiger partial charge < -0.3 is 33.3 Å². The monoisotopic (exact) mass is 1280 g/mol. The number of carboxylic acid groups (broad SMARTS) is 1. The molecular weight excluding hydrogens is 1130 g/mol. The van der Waals surface area contributed by atoms with Crippen molar-refractivity contribution in [3.8, 4) is 0 Å². The number of hydrogen-bond donors (Lipinski definition) is 0. The predicted molar refractivity (Wildman–Crippen MR) is 389 cm³/mol. The second-order valence-corrected chi connectivity index (χ2v) is 28.0. The molecule has 0 aliphatic heterocycles. The normalized spacial score (nSPS) is 12.9. The zero-order valence-corrected chi connectivity index (χ0v) is 61.0. The minimum absolute atomic E-state index is 0.146. The molecule has 91 heavy (non-hydrogen) atoms. The van der Waals surface area contributed by atoms with E-state index in [2.05, 4.69) is 74.6 Å². The van der Waals surface area contributed by atoms with Gasteiger partial charge in [0.25, 0.3) is 0 Å². The van der Waals surface area contributed by atoms with Gasteiger partial charge in [-0.3, -0.25) is 9.59 Å². The Kier molecular flexibility index (Phi) is 70.4. The SMILES string of the molecule is CC/C=C\C/C=C\C/C=C\C/C=C\C/C=C\CCCCCCCCCCCC(=O)OC(COC(=O)CCCCCCCCCCCCCCCCCCCCCCCCCCCCCCCCCCCCCCCCCCC)COC(OCC[N+](C)(C)C)C(=O)[O-]. The molecule has 0 radical (unpaired) electrons. The van der Waals surface area contributed by atoms with Gasteiger partial charge in [-0.1, -0.05) is 376 Å². The van der Waals surface area contributed by atoms with Crippen molar-refractivity contribution < 1.29 is 42.9 Å². The minimum Gasteiger partial charge on any atom is -0.545 e. The van der Waals surface area contributed by atoms with Gasteiger partial charge >= 0.3 is 11.9 Å². The van der Waals surface area contributed by atoms with Gasteiger partial charge in [0.15, 0.2) is 12.4 Å². The number of carbonyl (C=O) groups excluding carboxylic acids is 3. The zero-order chi connectivity index (χ0) is 66.1. The fourth-order valence-corrected chi connectivity index (χ4v) is 11.8. The van der Waals surface area contributed by atoms with Crippen molar-refractivity contribution in [2.24, 2.45) is 0 Å². The molecule has 0 rings (SSSR count). The van der Waals surface area contributed by atoms with Crippen molar-refractivity contribution in [1.82, 2.24) is 0 Å². The zero-order valence-electron chi connectivity index (χ0n) is 61.0. The average molecular weight is 1280 g/mol. The quantitative estimate of drug-likeness (QED) is 0.0195. The first-order valence-electron chi connectivity index (χ1n) is 39.4. The van der Waals surface area contributed by atoms with Crippen LogP contribution in [-0.2, 0) is 33.3 Å². The molecule has 0 aromatic rings. The van der Waals surface area contributed by atoms with Crippen molar-refractivity contribution in [3.63, 3.8) is 0 Å². The topological polar surface area (TPSA) is 111 Å². The van der Waals surface area contributed by atoms with Crippen LogP contribution in [0.2, 0.25) is 0 Å². The first kappa shape index (κ1) is 88.0. The summed E-state index contributed by atoms with van der Waals surface area (Å²) in [5.74, 6) is -2.27. The number of rotatable bonds is 74. The lowest BCUT2D eigenvalue weighted by atomic mass is 10.0. The summed E-state index contributed by atoms with van der Waals surface area (Å²) in [4.78, 5) is 37.5. The van der Waals surface area contributed by atoms with E-state index in [1.54, 1.807) is 0 Å². The van der Waals surface area contributed by atoms with Crippen molar-refractivity contribution >= 4 is 17.9 Å². The number of aliphatic carboxylic acids is 1. The third-order valence-electron chi connectivity index (χ3n) is 17.8. The minimum atomic E-state index is -1.63. The van der Waals surface area contributed by atoms with Gasteiger partial charge in [0.1, 0.15) is 13.2 Å². The van der Waals surface area contributed by atoms with Crippen LogP contribution in [0.3, 0.4) is 0 Å². The van der Waals surface area contributed by atoms with E-state index in [1.165, 1.54) is 276 Å². The largest absolute Gasteiger partial charge is 0.545 e. The van der Waals surface area contributed by atoms with E-state index < -0.39 is 24.3 Å². The maximum Gasteiger partial charge on any atom is 0.306 e. The van der Waals surface area contributed by atoms with Crippen LogP contribution in [0.15, 0.2) is 60.8 Å². The first-order valence-corrected chi connectivity index (χ1v) is 39.4. The summed E-state index contributed by atoms with van der Waals surface area (Å²) in [5.41, 5.74) is 0. The number of likely N-dealkylation sites (N-methyl/N-ethyl adjacent to an activating group) is 1. The third-order valence-corrected chi connectivity index (χ3v) is 17.8. The highest BCUT2D eigenvalue weighted by Crippen LogP contribution is 2.20. The number of hydrogen-bond acceptors (Lipinski definition) is 8. The van der Waals surface area contributed by atoms with Crippen molar-refractivity contribution in [3.05, 3.63) is 60.8 Å². The van der Waals surface area contributed by atoms with Crippen LogP contribution in [0.5, 0.6) is 0 Å². The molecule has 0 saturated heterocycles. The molecule has 9 heteroatoms. The first-order chi connectivity index (χ1) is 44.6. The Morgan fingerprint density at radius 1 is 0.341 bits per heavy atom. The van der Waals surface area contributed by atoms with Crippen LogP contribution in [0.25, 0.3) is 0 Å². The molecule has 0 aromatic heterocycles. The molecule has 532 valence electrons. The molecule has 9 nitrogen and oxygen atoms in total. The highest BCUT2D eigenvalue weighted by Gasteiger charge is 2.22. The molecule has 0 spiro atoms. The molecule has 0 heterocycles. The maximum absolute atomic E-state index is 12.9. The van der Waals surface area contributed by atoms with Crippen LogP contribution >= 0.6 is 0 Å². The summed E-state index contributed by atoms with van der Waals surface area (Å²) >= 11 is 0. The summed E-state index contributed by atoms with van der Waals surface area (Å²) in [6, 6.07) is 0. The Balaban J connectivity index is 3.94. The molecule has 0 aliphatic rings. The summed E-state index contributed by atoms with van der Waals surface area (Å²) in [6.45, 7) is 4.68. The van der Waals surface area contributed by atoms with E-state index in [1.807, 2.05) is 21.1 Å². The number of ether oxygens (including phenoxy) is 4. The van der Waals surface area contributed by atoms with Gasteiger partial charge in [-0.05, 0) is 57.8 Å². The van der Waals surface area contributed by atoms with E-state index in [4.69, 9.17) is 18.9 Å². The Morgan fingerprint density at radius 2 is 0.626 bits per heavy atom. The van der Waals surface area contributed by atoms with E-state index in [0.29, 0.717) is 23.9 Å². The summed E-state index contributed by atoms with van der Waals surface area (Å²) in [5, 5.41) is 11.8. The number of carboxylic acids is 1. The van der Waals surface area contributed by atoms with Crippen molar-refractivity contribution in [2.45, 2.75) is 399 Å². The molecule has 0 amide bonds. The summed E-state index contributed by atoms with van der Waals surface area (Å²) < 4.78 is 22.8. The number of quaternary nitrogens is 1. The fraction of sp³-hybridized carbons (Fsp3) is 0.841. The highest BCUT2D eigenvalue weighted by atomic mass is 16.7. The van der Waals surface area contributed by atoms with Gasteiger partial charge in [0.05, 0.1) is 40.3 Å². The lowest BCUT2D eigenvalue weighted by Gasteiger charge is -2.26. The van der Waals surface area contributed by atoms with E-state index >= 15 is 0 Å². The molecule has 0 N–H and O–H groups in total. The van der Waals surface area contributed by atoms with Gasteiger partial charge in [0.2, 0.25) is 0 Å². The summed E-state index contributed by atoms with van der Waals surface area (Å²) in [6.07, 6.45) is 93.6. The third kappa shape index (κ3) is 74.3. The van der Waals surface area contributed by atoms with E-state index in [9.17, 15) is 19.5 Å². The number of esters is 2. The van der Waals surface area contributed by atoms with Crippen LogP contribution in [0.1, 0.15) is 386 Å². The molecule has 2 atom stereocenters. The molecule has 0 aromatic carbocycles. The predicted octanol–water partition coefficient (Wildman–Crippen LogP) is 23.7.